The molecule has 0 aliphatic carbocycles. The number of fused-ring (bicyclic) bond motifs is 1. The van der Waals surface area contributed by atoms with E-state index in [1.54, 1.807) is 19.3 Å². The highest BCUT2D eigenvalue weighted by atomic mass is 16.1. The van der Waals surface area contributed by atoms with E-state index in [9.17, 15) is 9.59 Å². The Labute approximate surface area is 120 Å². The summed E-state index contributed by atoms with van der Waals surface area (Å²) < 4.78 is 1.49. The number of aryl methyl sites for hydroxylation is 1. The maximum atomic E-state index is 12.0. The summed E-state index contributed by atoms with van der Waals surface area (Å²) in [6.07, 6.45) is 1.71. The molecule has 0 fully saturated rings. The number of pyridine rings is 2. The van der Waals surface area contributed by atoms with Crippen LogP contribution in [-0.4, -0.2) is 9.55 Å². The fraction of sp³-hybridized carbons (Fsp3) is 0.125. The Bertz CT molecular complexity index is 909. The van der Waals surface area contributed by atoms with Crippen LogP contribution in [0.2, 0.25) is 0 Å². The summed E-state index contributed by atoms with van der Waals surface area (Å²) in [5.41, 5.74) is 2.11. The standard InChI is InChI=1S/C16H15N3O2/c1-19-10-13(6-7-15(19)20)17-9-12-8-11-4-2-3-5-14(11)18-16(12)21/h2-8,10,17H,9H2,1H3,(H,18,21). The van der Waals surface area contributed by atoms with Gasteiger partial charge in [0, 0.05) is 36.9 Å². The van der Waals surface area contributed by atoms with Gasteiger partial charge in [0.05, 0.1) is 5.69 Å². The normalized spacial score (nSPS) is 10.7. The number of aromatic amines is 1. The van der Waals surface area contributed by atoms with E-state index in [2.05, 4.69) is 10.3 Å². The molecule has 3 aromatic rings. The lowest BCUT2D eigenvalue weighted by molar-refractivity contribution is 0.859. The Morgan fingerprint density at radius 2 is 1.95 bits per heavy atom. The molecule has 0 atom stereocenters. The number of anilines is 1. The minimum absolute atomic E-state index is 0.0656. The van der Waals surface area contributed by atoms with Gasteiger partial charge in [-0.05, 0) is 23.6 Å². The van der Waals surface area contributed by atoms with Crippen LogP contribution in [0.15, 0.2) is 58.3 Å². The molecular weight excluding hydrogens is 266 g/mol. The third-order valence-corrected chi connectivity index (χ3v) is 3.40. The van der Waals surface area contributed by atoms with E-state index >= 15 is 0 Å². The predicted octanol–water partition coefficient (Wildman–Crippen LogP) is 1.84. The first kappa shape index (κ1) is 13.2. The van der Waals surface area contributed by atoms with E-state index in [1.807, 2.05) is 30.3 Å². The van der Waals surface area contributed by atoms with Gasteiger partial charge in [-0.3, -0.25) is 9.59 Å². The zero-order chi connectivity index (χ0) is 14.8. The van der Waals surface area contributed by atoms with Gasteiger partial charge in [0.2, 0.25) is 5.56 Å². The summed E-state index contributed by atoms with van der Waals surface area (Å²) in [4.78, 5) is 26.2. The summed E-state index contributed by atoms with van der Waals surface area (Å²) in [6.45, 7) is 0.401. The second kappa shape index (κ2) is 5.28. The summed E-state index contributed by atoms with van der Waals surface area (Å²) in [5, 5.41) is 4.15. The van der Waals surface area contributed by atoms with Gasteiger partial charge < -0.3 is 14.9 Å². The second-order valence-electron chi connectivity index (χ2n) is 4.93. The Hall–Kier alpha value is -2.82. The van der Waals surface area contributed by atoms with Crippen molar-refractivity contribution in [2.45, 2.75) is 6.54 Å². The third kappa shape index (κ3) is 2.72. The summed E-state index contributed by atoms with van der Waals surface area (Å²) in [7, 11) is 1.69. The lowest BCUT2D eigenvalue weighted by Crippen LogP contribution is -2.18. The molecule has 0 saturated heterocycles. The minimum atomic E-state index is -0.106. The molecule has 0 aliphatic heterocycles. The summed E-state index contributed by atoms with van der Waals surface area (Å²) in [6, 6.07) is 12.7. The fourth-order valence-electron chi connectivity index (χ4n) is 2.22. The molecular formula is C16H15N3O2. The van der Waals surface area contributed by atoms with Gasteiger partial charge in [0.25, 0.3) is 5.56 Å². The SMILES string of the molecule is Cn1cc(NCc2cc3ccccc3[nH]c2=O)ccc1=O. The quantitative estimate of drug-likeness (QED) is 0.770. The summed E-state index contributed by atoms with van der Waals surface area (Å²) >= 11 is 0. The average Bonchev–Trinajstić information content (AvgIpc) is 2.48. The van der Waals surface area contributed by atoms with Crippen LogP contribution in [0, 0.1) is 0 Å². The van der Waals surface area contributed by atoms with Crippen LogP contribution >= 0.6 is 0 Å². The van der Waals surface area contributed by atoms with Gasteiger partial charge in [0.15, 0.2) is 0 Å². The van der Waals surface area contributed by atoms with Gasteiger partial charge in [-0.1, -0.05) is 18.2 Å². The molecule has 0 saturated carbocycles. The summed E-state index contributed by atoms with van der Waals surface area (Å²) in [5.74, 6) is 0. The lowest BCUT2D eigenvalue weighted by atomic mass is 10.1. The second-order valence-corrected chi connectivity index (χ2v) is 4.93. The number of rotatable bonds is 3. The number of hydrogen-bond acceptors (Lipinski definition) is 3. The number of nitrogens with zero attached hydrogens (tertiary/aromatic N) is 1. The van der Waals surface area contributed by atoms with Crippen LogP contribution in [0.5, 0.6) is 0 Å². The van der Waals surface area contributed by atoms with Gasteiger partial charge in [-0.25, -0.2) is 0 Å². The van der Waals surface area contributed by atoms with Crippen molar-refractivity contribution in [1.82, 2.24) is 9.55 Å². The average molecular weight is 281 g/mol. The molecule has 0 unspecified atom stereocenters. The Morgan fingerprint density at radius 1 is 1.14 bits per heavy atom. The van der Waals surface area contributed by atoms with Gasteiger partial charge in [-0.15, -0.1) is 0 Å². The molecule has 0 radical (unpaired) electrons. The van der Waals surface area contributed by atoms with E-state index in [1.165, 1.54) is 10.6 Å². The topological polar surface area (TPSA) is 66.9 Å². The minimum Gasteiger partial charge on any atom is -0.380 e. The third-order valence-electron chi connectivity index (χ3n) is 3.40. The first-order chi connectivity index (χ1) is 10.1. The van der Waals surface area contributed by atoms with Crippen LogP contribution in [0.4, 0.5) is 5.69 Å². The molecule has 1 aromatic carbocycles. The predicted molar refractivity (Wildman–Crippen MR) is 83.6 cm³/mol. The molecule has 0 amide bonds. The molecule has 5 nitrogen and oxygen atoms in total. The van der Waals surface area contributed by atoms with E-state index < -0.39 is 0 Å². The first-order valence-corrected chi connectivity index (χ1v) is 6.65. The van der Waals surface area contributed by atoms with Crippen molar-refractivity contribution in [1.29, 1.82) is 0 Å². The number of H-pyrrole nitrogens is 1. The van der Waals surface area contributed by atoms with Crippen LogP contribution < -0.4 is 16.4 Å². The van der Waals surface area contributed by atoms with Crippen molar-refractivity contribution in [3.63, 3.8) is 0 Å². The monoisotopic (exact) mass is 281 g/mol. The van der Waals surface area contributed by atoms with E-state index in [0.717, 1.165) is 16.6 Å². The molecule has 0 spiro atoms. The zero-order valence-corrected chi connectivity index (χ0v) is 11.6. The van der Waals surface area contributed by atoms with Gasteiger partial charge >= 0.3 is 0 Å². The molecule has 0 bridgehead atoms. The molecule has 0 aliphatic rings. The van der Waals surface area contributed by atoms with Crippen molar-refractivity contribution in [2.24, 2.45) is 7.05 Å². The van der Waals surface area contributed by atoms with Crippen LogP contribution in [-0.2, 0) is 13.6 Å². The Morgan fingerprint density at radius 3 is 2.76 bits per heavy atom. The Balaban J connectivity index is 1.87. The van der Waals surface area contributed by atoms with Crippen molar-refractivity contribution in [3.8, 4) is 0 Å². The maximum Gasteiger partial charge on any atom is 0.253 e. The number of aromatic nitrogens is 2. The van der Waals surface area contributed by atoms with E-state index in [4.69, 9.17) is 0 Å². The lowest BCUT2D eigenvalue weighted by Gasteiger charge is -2.08. The van der Waals surface area contributed by atoms with Gasteiger partial charge in [0.1, 0.15) is 0 Å². The van der Waals surface area contributed by atoms with Crippen LogP contribution in [0.25, 0.3) is 10.9 Å². The number of hydrogen-bond donors (Lipinski definition) is 2. The molecule has 2 heterocycles. The molecule has 106 valence electrons. The van der Waals surface area contributed by atoms with E-state index in [-0.39, 0.29) is 11.1 Å². The molecule has 5 heteroatoms. The number of nitrogens with one attached hydrogen (secondary N) is 2. The van der Waals surface area contributed by atoms with Crippen molar-refractivity contribution < 1.29 is 0 Å². The zero-order valence-electron chi connectivity index (χ0n) is 11.6. The highest BCUT2D eigenvalue weighted by Crippen LogP contribution is 2.11. The maximum absolute atomic E-state index is 12.0. The smallest absolute Gasteiger partial charge is 0.253 e. The number of benzene rings is 1. The van der Waals surface area contributed by atoms with E-state index in [0.29, 0.717) is 12.1 Å². The van der Waals surface area contributed by atoms with Crippen molar-refractivity contribution >= 4 is 16.6 Å². The fourth-order valence-corrected chi connectivity index (χ4v) is 2.22. The van der Waals surface area contributed by atoms with Crippen molar-refractivity contribution in [2.75, 3.05) is 5.32 Å². The molecule has 3 rings (SSSR count). The number of para-hydroxylation sites is 1. The Kier molecular flexibility index (Phi) is 3.31. The molecule has 2 N–H and O–H groups in total. The van der Waals surface area contributed by atoms with Crippen LogP contribution in [0.3, 0.4) is 0 Å². The highest BCUT2D eigenvalue weighted by Gasteiger charge is 2.03. The van der Waals surface area contributed by atoms with Crippen molar-refractivity contribution in [3.05, 3.63) is 74.9 Å². The van der Waals surface area contributed by atoms with Gasteiger partial charge in [-0.2, -0.15) is 0 Å². The molecule has 21 heavy (non-hydrogen) atoms. The van der Waals surface area contributed by atoms with Crippen LogP contribution in [0.1, 0.15) is 5.56 Å². The first-order valence-electron chi connectivity index (χ1n) is 6.65. The molecule has 2 aromatic heterocycles. The highest BCUT2D eigenvalue weighted by molar-refractivity contribution is 5.78. The largest absolute Gasteiger partial charge is 0.380 e.